The minimum Gasteiger partial charge on any atom is -0.391 e. The molecule has 0 saturated heterocycles. The number of benzene rings is 2. The number of nitrogens with zero attached hydrogens (tertiary/aromatic N) is 1. The maximum Gasteiger partial charge on any atom is 0.282 e. The maximum absolute atomic E-state index is 11.1. The van der Waals surface area contributed by atoms with Gasteiger partial charge >= 0.3 is 0 Å². The minimum atomic E-state index is -1.81. The molecule has 2 rings (SSSR count). The first kappa shape index (κ1) is 23.5. The number of methoxy groups -OCH3 is 2. The molecule has 2 atom stereocenters. The van der Waals surface area contributed by atoms with Crippen molar-refractivity contribution in [2.45, 2.75) is 57.9 Å². The summed E-state index contributed by atoms with van der Waals surface area (Å²) in [4.78, 5) is 2.28. The first-order valence-corrected chi connectivity index (χ1v) is 10.2. The van der Waals surface area contributed by atoms with E-state index in [2.05, 4.69) is 43.0 Å². The van der Waals surface area contributed by atoms with Crippen LogP contribution in [-0.4, -0.2) is 47.5 Å². The molecule has 0 aliphatic rings. The summed E-state index contributed by atoms with van der Waals surface area (Å²) in [6.07, 6.45) is -0.0725. The number of hydrogen-bond donors (Lipinski definition) is 2. The molecule has 2 aromatic rings. The van der Waals surface area contributed by atoms with Crippen LogP contribution in [0.25, 0.3) is 0 Å². The Kier molecular flexibility index (Phi) is 9.27. The van der Waals surface area contributed by atoms with Gasteiger partial charge in [-0.25, -0.2) is 0 Å². The van der Waals surface area contributed by atoms with Crippen molar-refractivity contribution in [3.63, 3.8) is 0 Å². The number of aliphatic hydroxyl groups excluding tert-OH is 1. The average molecular weight is 402 g/mol. The molecule has 0 saturated carbocycles. The second kappa shape index (κ2) is 11.4. The summed E-state index contributed by atoms with van der Waals surface area (Å²) in [5.74, 6) is -1.43. The highest BCUT2D eigenvalue weighted by Crippen LogP contribution is 2.26. The number of hydrogen-bond acceptors (Lipinski definition) is 5. The second-order valence-electron chi connectivity index (χ2n) is 7.97. The molecule has 0 amide bonds. The molecule has 0 aliphatic carbocycles. The molecule has 0 bridgehead atoms. The van der Waals surface area contributed by atoms with Crippen LogP contribution in [0.1, 0.15) is 37.8 Å². The van der Waals surface area contributed by atoms with Gasteiger partial charge in [-0.2, -0.15) is 0 Å². The van der Waals surface area contributed by atoms with Crippen molar-refractivity contribution < 1.29 is 19.7 Å². The van der Waals surface area contributed by atoms with Crippen molar-refractivity contribution in [1.82, 2.24) is 4.90 Å². The Hall–Kier alpha value is -1.76. The number of ether oxygens (including phenoxy) is 2. The van der Waals surface area contributed by atoms with E-state index in [1.807, 2.05) is 36.4 Å². The predicted molar refractivity (Wildman–Crippen MR) is 115 cm³/mol. The van der Waals surface area contributed by atoms with E-state index in [9.17, 15) is 10.2 Å². The molecule has 2 aromatic carbocycles. The van der Waals surface area contributed by atoms with E-state index >= 15 is 0 Å². The minimum absolute atomic E-state index is 0.0303. The Balaban J connectivity index is 2.31. The van der Waals surface area contributed by atoms with Gasteiger partial charge in [0.15, 0.2) is 0 Å². The van der Waals surface area contributed by atoms with Gasteiger partial charge in [0.05, 0.1) is 12.5 Å². The van der Waals surface area contributed by atoms with Gasteiger partial charge in [0.1, 0.15) is 0 Å². The molecule has 5 nitrogen and oxygen atoms in total. The highest BCUT2D eigenvalue weighted by molar-refractivity contribution is 5.17. The van der Waals surface area contributed by atoms with Crippen molar-refractivity contribution in [1.29, 1.82) is 0 Å². The lowest BCUT2D eigenvalue weighted by molar-refractivity contribution is -0.351. The molecule has 2 N–H and O–H groups in total. The summed E-state index contributed by atoms with van der Waals surface area (Å²) >= 11 is 0. The highest BCUT2D eigenvalue weighted by Gasteiger charge is 2.36. The zero-order valence-electron chi connectivity index (χ0n) is 18.0. The second-order valence-corrected chi connectivity index (χ2v) is 7.97. The van der Waals surface area contributed by atoms with Gasteiger partial charge < -0.3 is 19.7 Å². The molecule has 0 aliphatic heterocycles. The summed E-state index contributed by atoms with van der Waals surface area (Å²) in [5, 5.41) is 21.5. The van der Waals surface area contributed by atoms with E-state index in [1.54, 1.807) is 0 Å². The van der Waals surface area contributed by atoms with Crippen LogP contribution in [0.15, 0.2) is 60.7 Å². The van der Waals surface area contributed by atoms with Gasteiger partial charge in [-0.15, -0.1) is 0 Å². The van der Waals surface area contributed by atoms with Crippen molar-refractivity contribution in [2.75, 3.05) is 14.2 Å². The standard InChI is InChI=1S/C24H35NO4/c1-19(2)15-22(23(26)16-24(27,28-3)29-4)25(17-20-11-7-5-8-12-20)18-21-13-9-6-10-14-21/h5-14,19,22-23,26-27H,15-18H2,1-4H3/t22-,23-/m0/s1. The fourth-order valence-corrected chi connectivity index (χ4v) is 3.61. The van der Waals surface area contributed by atoms with Crippen LogP contribution < -0.4 is 0 Å². The Morgan fingerprint density at radius 2 is 1.31 bits per heavy atom. The van der Waals surface area contributed by atoms with E-state index in [4.69, 9.17) is 9.47 Å². The van der Waals surface area contributed by atoms with Gasteiger partial charge in [0.25, 0.3) is 5.97 Å². The maximum atomic E-state index is 11.1. The topological polar surface area (TPSA) is 62.2 Å². The molecular formula is C24H35NO4. The van der Waals surface area contributed by atoms with Crippen molar-refractivity contribution in [2.24, 2.45) is 5.92 Å². The van der Waals surface area contributed by atoms with E-state index in [-0.39, 0.29) is 12.5 Å². The van der Waals surface area contributed by atoms with E-state index in [0.29, 0.717) is 19.0 Å². The van der Waals surface area contributed by atoms with Crippen LogP contribution >= 0.6 is 0 Å². The number of aliphatic hydroxyl groups is 2. The summed E-state index contributed by atoms with van der Waals surface area (Å²) in [5.41, 5.74) is 2.36. The van der Waals surface area contributed by atoms with Crippen LogP contribution in [0, 0.1) is 5.92 Å². The summed E-state index contributed by atoms with van der Waals surface area (Å²) in [7, 11) is 2.75. The fourth-order valence-electron chi connectivity index (χ4n) is 3.61. The van der Waals surface area contributed by atoms with E-state index in [1.165, 1.54) is 25.3 Å². The number of rotatable bonds is 12. The van der Waals surface area contributed by atoms with Gasteiger partial charge in [-0.1, -0.05) is 74.5 Å². The SMILES string of the molecule is COC(O)(C[C@H](O)[C@H](CC(C)C)N(Cc1ccccc1)Cc1ccccc1)OC. The molecule has 0 spiro atoms. The third-order valence-electron chi connectivity index (χ3n) is 5.19. The average Bonchev–Trinajstić information content (AvgIpc) is 2.72. The molecule has 5 heteroatoms. The summed E-state index contributed by atoms with van der Waals surface area (Å²) in [6, 6.07) is 20.3. The van der Waals surface area contributed by atoms with Gasteiger partial charge in [-0.05, 0) is 23.5 Å². The summed E-state index contributed by atoms with van der Waals surface area (Å²) in [6.45, 7) is 5.68. The van der Waals surface area contributed by atoms with Crippen molar-refractivity contribution >= 4 is 0 Å². The van der Waals surface area contributed by atoms with Gasteiger partial charge in [-0.3, -0.25) is 4.90 Å². The van der Waals surface area contributed by atoms with Crippen LogP contribution in [0.4, 0.5) is 0 Å². The lowest BCUT2D eigenvalue weighted by Crippen LogP contribution is -2.48. The third kappa shape index (κ3) is 7.53. The molecule has 0 radical (unpaired) electrons. The quantitative estimate of drug-likeness (QED) is 0.530. The van der Waals surface area contributed by atoms with Crippen LogP contribution in [0.2, 0.25) is 0 Å². The Morgan fingerprint density at radius 1 is 0.862 bits per heavy atom. The van der Waals surface area contributed by atoms with Crippen LogP contribution in [-0.2, 0) is 22.6 Å². The van der Waals surface area contributed by atoms with Crippen molar-refractivity contribution in [3.8, 4) is 0 Å². The summed E-state index contributed by atoms with van der Waals surface area (Å²) < 4.78 is 10.2. The lowest BCUT2D eigenvalue weighted by Gasteiger charge is -2.38. The Morgan fingerprint density at radius 3 is 1.69 bits per heavy atom. The third-order valence-corrected chi connectivity index (χ3v) is 5.19. The molecule has 0 heterocycles. The molecular weight excluding hydrogens is 366 g/mol. The van der Waals surface area contributed by atoms with Gasteiger partial charge in [0, 0.05) is 33.4 Å². The van der Waals surface area contributed by atoms with Crippen LogP contribution in [0.5, 0.6) is 0 Å². The molecule has 0 fully saturated rings. The first-order valence-electron chi connectivity index (χ1n) is 10.2. The first-order chi connectivity index (χ1) is 13.9. The highest BCUT2D eigenvalue weighted by atomic mass is 16.8. The Bertz CT molecular complexity index is 647. The predicted octanol–water partition coefficient (Wildman–Crippen LogP) is 3.79. The monoisotopic (exact) mass is 401 g/mol. The Labute approximate surface area is 174 Å². The zero-order valence-corrected chi connectivity index (χ0v) is 18.0. The van der Waals surface area contributed by atoms with E-state index < -0.39 is 12.1 Å². The van der Waals surface area contributed by atoms with Crippen LogP contribution in [0.3, 0.4) is 0 Å². The van der Waals surface area contributed by atoms with Gasteiger partial charge in [0.2, 0.25) is 0 Å². The molecule has 0 aromatic heterocycles. The zero-order chi connectivity index (χ0) is 21.3. The fraction of sp³-hybridized carbons (Fsp3) is 0.500. The smallest absolute Gasteiger partial charge is 0.282 e. The molecule has 160 valence electrons. The van der Waals surface area contributed by atoms with Crippen molar-refractivity contribution in [3.05, 3.63) is 71.8 Å². The lowest BCUT2D eigenvalue weighted by atomic mass is 9.94. The normalized spacial score (nSPS) is 14.3. The molecule has 0 unspecified atom stereocenters. The molecule has 29 heavy (non-hydrogen) atoms. The largest absolute Gasteiger partial charge is 0.391 e. The van der Waals surface area contributed by atoms with E-state index in [0.717, 1.165) is 6.42 Å².